The van der Waals surface area contributed by atoms with Crippen molar-refractivity contribution in [3.8, 4) is 11.3 Å². The first kappa shape index (κ1) is 18.1. The fraction of sp³-hybridized carbons (Fsp3) is 0.273. The topological polar surface area (TPSA) is 71.0 Å². The van der Waals surface area contributed by atoms with Crippen molar-refractivity contribution in [2.45, 2.75) is 19.8 Å². The van der Waals surface area contributed by atoms with Crippen LogP contribution in [0.25, 0.3) is 11.3 Å². The van der Waals surface area contributed by atoms with Crippen molar-refractivity contribution in [1.29, 1.82) is 0 Å². The highest BCUT2D eigenvalue weighted by molar-refractivity contribution is 5.91. The van der Waals surface area contributed by atoms with E-state index < -0.39 is 0 Å². The molecule has 1 amide bonds. The molecule has 1 aliphatic rings. The Bertz CT molecular complexity index is 952. The average molecular weight is 373 g/mol. The van der Waals surface area contributed by atoms with E-state index in [0.717, 1.165) is 48.6 Å². The number of rotatable bonds is 4. The minimum absolute atomic E-state index is 0.00556. The van der Waals surface area contributed by atoms with Gasteiger partial charge in [0, 0.05) is 36.8 Å². The van der Waals surface area contributed by atoms with Crippen LogP contribution in [0.1, 0.15) is 18.4 Å². The highest BCUT2D eigenvalue weighted by Gasteiger charge is 2.26. The van der Waals surface area contributed by atoms with Crippen molar-refractivity contribution in [2.24, 2.45) is 5.92 Å². The van der Waals surface area contributed by atoms with E-state index in [-0.39, 0.29) is 11.8 Å². The Hall–Kier alpha value is -3.28. The second-order valence-electron chi connectivity index (χ2n) is 7.10. The molecular weight excluding hydrogens is 350 g/mol. The molecule has 28 heavy (non-hydrogen) atoms. The highest BCUT2D eigenvalue weighted by Crippen LogP contribution is 2.25. The molecule has 0 bridgehead atoms. The van der Waals surface area contributed by atoms with Crippen LogP contribution in [0.4, 0.5) is 11.6 Å². The molecule has 0 atom stereocenters. The van der Waals surface area contributed by atoms with E-state index in [1.165, 1.54) is 0 Å². The van der Waals surface area contributed by atoms with Crippen LogP contribution < -0.4 is 10.2 Å². The largest absolute Gasteiger partial charge is 0.356 e. The zero-order valence-electron chi connectivity index (χ0n) is 15.9. The molecule has 0 aliphatic carbocycles. The fourth-order valence-electron chi connectivity index (χ4n) is 3.49. The van der Waals surface area contributed by atoms with Gasteiger partial charge < -0.3 is 10.2 Å². The van der Waals surface area contributed by atoms with Crippen molar-refractivity contribution in [3.63, 3.8) is 0 Å². The molecule has 1 aromatic carbocycles. The third-order valence-electron chi connectivity index (χ3n) is 5.08. The zero-order valence-corrected chi connectivity index (χ0v) is 15.9. The molecule has 6 nitrogen and oxygen atoms in total. The molecule has 0 saturated carbocycles. The predicted octanol–water partition coefficient (Wildman–Crippen LogP) is 3.70. The summed E-state index contributed by atoms with van der Waals surface area (Å²) in [6.45, 7) is 3.58. The van der Waals surface area contributed by atoms with E-state index >= 15 is 0 Å². The van der Waals surface area contributed by atoms with Crippen LogP contribution in [0.15, 0.2) is 61.1 Å². The minimum Gasteiger partial charge on any atom is -0.356 e. The van der Waals surface area contributed by atoms with Crippen LogP contribution in [0.3, 0.4) is 0 Å². The van der Waals surface area contributed by atoms with Gasteiger partial charge in [-0.05, 0) is 37.5 Å². The molecule has 1 fully saturated rings. The Labute approximate surface area is 164 Å². The third-order valence-corrected chi connectivity index (χ3v) is 5.08. The van der Waals surface area contributed by atoms with Gasteiger partial charge in [0.05, 0.1) is 5.69 Å². The second kappa shape index (κ2) is 8.17. The molecule has 0 unspecified atom stereocenters. The molecule has 1 saturated heterocycles. The molecule has 0 spiro atoms. The fourth-order valence-corrected chi connectivity index (χ4v) is 3.49. The van der Waals surface area contributed by atoms with Gasteiger partial charge in [-0.25, -0.2) is 15.0 Å². The molecule has 142 valence electrons. The molecular formula is C22H23N5O. The number of carbonyl (C=O) groups excluding carboxylic acids is 1. The van der Waals surface area contributed by atoms with E-state index in [1.54, 1.807) is 12.5 Å². The first-order chi connectivity index (χ1) is 13.7. The van der Waals surface area contributed by atoms with Crippen molar-refractivity contribution >= 4 is 17.5 Å². The quantitative estimate of drug-likeness (QED) is 0.755. The number of aryl methyl sites for hydroxylation is 1. The predicted molar refractivity (Wildman–Crippen MR) is 110 cm³/mol. The maximum Gasteiger partial charge on any atom is 0.228 e. The Balaban J connectivity index is 1.38. The summed E-state index contributed by atoms with van der Waals surface area (Å²) in [6, 6.07) is 15.9. The highest BCUT2D eigenvalue weighted by atomic mass is 16.1. The molecule has 6 heteroatoms. The van der Waals surface area contributed by atoms with Crippen LogP contribution in [0, 0.1) is 12.8 Å². The maximum atomic E-state index is 12.6. The van der Waals surface area contributed by atoms with Gasteiger partial charge in [0.1, 0.15) is 18.0 Å². The lowest BCUT2D eigenvalue weighted by Crippen LogP contribution is -2.38. The first-order valence-electron chi connectivity index (χ1n) is 9.55. The number of hydrogen-bond acceptors (Lipinski definition) is 5. The van der Waals surface area contributed by atoms with Crippen molar-refractivity contribution in [1.82, 2.24) is 15.0 Å². The Morgan fingerprint density at radius 1 is 1.04 bits per heavy atom. The molecule has 1 N–H and O–H groups in total. The van der Waals surface area contributed by atoms with Gasteiger partial charge in [-0.15, -0.1) is 0 Å². The summed E-state index contributed by atoms with van der Waals surface area (Å²) in [6.07, 6.45) is 4.91. The van der Waals surface area contributed by atoms with E-state index in [0.29, 0.717) is 5.82 Å². The molecule has 3 aromatic rings. The summed E-state index contributed by atoms with van der Waals surface area (Å²) in [7, 11) is 0. The molecule has 3 heterocycles. The van der Waals surface area contributed by atoms with Gasteiger partial charge in [-0.3, -0.25) is 4.79 Å². The smallest absolute Gasteiger partial charge is 0.228 e. The van der Waals surface area contributed by atoms with Crippen molar-refractivity contribution in [2.75, 3.05) is 23.3 Å². The lowest BCUT2D eigenvalue weighted by Gasteiger charge is -2.32. The first-order valence-corrected chi connectivity index (χ1v) is 9.55. The normalized spacial score (nSPS) is 14.7. The number of pyridine rings is 1. The summed E-state index contributed by atoms with van der Waals surface area (Å²) >= 11 is 0. The number of benzene rings is 1. The Morgan fingerprint density at radius 3 is 2.57 bits per heavy atom. The van der Waals surface area contributed by atoms with Gasteiger partial charge >= 0.3 is 0 Å². The number of aromatic nitrogens is 3. The number of hydrogen-bond donors (Lipinski definition) is 1. The van der Waals surface area contributed by atoms with E-state index in [4.69, 9.17) is 0 Å². The lowest BCUT2D eigenvalue weighted by molar-refractivity contribution is -0.120. The van der Waals surface area contributed by atoms with Crippen molar-refractivity contribution in [3.05, 3.63) is 66.6 Å². The van der Waals surface area contributed by atoms with E-state index in [1.807, 2.05) is 55.5 Å². The van der Waals surface area contributed by atoms with E-state index in [2.05, 4.69) is 25.2 Å². The van der Waals surface area contributed by atoms with Crippen LogP contribution >= 0.6 is 0 Å². The summed E-state index contributed by atoms with van der Waals surface area (Å²) in [5.41, 5.74) is 3.07. The number of carbonyl (C=O) groups is 1. The lowest BCUT2D eigenvalue weighted by atomic mass is 9.96. The molecule has 4 rings (SSSR count). The van der Waals surface area contributed by atoms with Crippen LogP contribution in [-0.4, -0.2) is 33.9 Å². The van der Waals surface area contributed by atoms with Gasteiger partial charge in [0.25, 0.3) is 0 Å². The van der Waals surface area contributed by atoms with Gasteiger partial charge in [-0.1, -0.05) is 30.3 Å². The van der Waals surface area contributed by atoms with E-state index in [9.17, 15) is 4.79 Å². The Morgan fingerprint density at radius 2 is 1.82 bits per heavy atom. The van der Waals surface area contributed by atoms with Crippen LogP contribution in [0.5, 0.6) is 0 Å². The molecule has 0 radical (unpaired) electrons. The third kappa shape index (κ3) is 4.17. The van der Waals surface area contributed by atoms with Gasteiger partial charge in [-0.2, -0.15) is 0 Å². The Kier molecular flexibility index (Phi) is 5.28. The van der Waals surface area contributed by atoms with Crippen LogP contribution in [0.2, 0.25) is 0 Å². The number of amides is 1. The number of anilines is 2. The minimum atomic E-state index is -0.00556. The van der Waals surface area contributed by atoms with Gasteiger partial charge in [0.2, 0.25) is 5.91 Å². The van der Waals surface area contributed by atoms with Crippen molar-refractivity contribution < 1.29 is 4.79 Å². The number of nitrogens with one attached hydrogen (secondary N) is 1. The summed E-state index contributed by atoms with van der Waals surface area (Å²) in [5.74, 6) is 1.57. The molecule has 1 aliphatic heterocycles. The van der Waals surface area contributed by atoms with Gasteiger partial charge in [0.15, 0.2) is 0 Å². The average Bonchev–Trinajstić information content (AvgIpc) is 2.75. The standard InChI is InChI=1S/C22H23N5O/c1-16-7-10-23-20(13-16)26-22(28)18-8-11-27(12-9-18)21-14-19(24-15-25-21)17-5-3-2-4-6-17/h2-7,10,13-15,18H,8-9,11-12H2,1H3,(H,23,26,28). The summed E-state index contributed by atoms with van der Waals surface area (Å²) < 4.78 is 0. The SMILES string of the molecule is Cc1ccnc(NC(=O)C2CCN(c3cc(-c4ccccc4)ncn3)CC2)c1. The number of piperidine rings is 1. The van der Waals surface area contributed by atoms with Crippen LogP contribution in [-0.2, 0) is 4.79 Å². The molecule has 2 aromatic heterocycles. The second-order valence-corrected chi connectivity index (χ2v) is 7.10. The maximum absolute atomic E-state index is 12.6. The zero-order chi connectivity index (χ0) is 19.3. The summed E-state index contributed by atoms with van der Waals surface area (Å²) in [5, 5.41) is 2.94. The monoisotopic (exact) mass is 373 g/mol. The summed E-state index contributed by atoms with van der Waals surface area (Å²) in [4.78, 5) is 27.8. The number of nitrogens with zero attached hydrogens (tertiary/aromatic N) is 4.